The molecular weight excluding hydrogens is 475 g/mol. The average molecular weight is 491 g/mol. The lowest BCUT2D eigenvalue weighted by Crippen LogP contribution is -2.61. The second-order valence-electron chi connectivity index (χ2n) is 7.80. The van der Waals surface area contributed by atoms with Crippen molar-refractivity contribution >= 4 is 23.2 Å². The summed E-state index contributed by atoms with van der Waals surface area (Å²) in [5.74, 6) is -13.3. The number of ether oxygens (including phenoxy) is 2. The number of benzene rings is 2. The number of fused-ring (bicyclic) bond motifs is 1. The summed E-state index contributed by atoms with van der Waals surface area (Å²) in [7, 11) is 0. The van der Waals surface area contributed by atoms with Gasteiger partial charge in [0.1, 0.15) is 5.92 Å². The molecule has 2 aliphatic rings. The molecule has 0 bridgehead atoms. The first-order chi connectivity index (χ1) is 16.4. The number of rotatable bonds is 4. The third kappa shape index (κ3) is 3.66. The summed E-state index contributed by atoms with van der Waals surface area (Å²) in [5, 5.41) is 21.8. The van der Waals surface area contributed by atoms with Gasteiger partial charge in [0.15, 0.2) is 11.5 Å². The van der Waals surface area contributed by atoms with E-state index in [1.165, 1.54) is 31.2 Å². The molecule has 1 N–H and O–H groups in total. The second kappa shape index (κ2) is 8.31. The van der Waals surface area contributed by atoms with Crippen molar-refractivity contribution < 1.29 is 47.1 Å². The van der Waals surface area contributed by atoms with Gasteiger partial charge in [-0.25, -0.2) is 0 Å². The number of hydrogen-bond donors (Lipinski definition) is 1. The van der Waals surface area contributed by atoms with Gasteiger partial charge in [0, 0.05) is 29.2 Å². The van der Waals surface area contributed by atoms with Crippen LogP contribution in [0, 0.1) is 16.0 Å². The van der Waals surface area contributed by atoms with Crippen LogP contribution in [0.4, 0.5) is 18.9 Å². The maximum absolute atomic E-state index is 14.2. The fourth-order valence-corrected chi connectivity index (χ4v) is 4.29. The quantitative estimate of drug-likeness (QED) is 0.391. The zero-order valence-electron chi connectivity index (χ0n) is 17.9. The molecule has 182 valence electrons. The minimum atomic E-state index is -5.61. The highest BCUT2D eigenvalue weighted by molar-refractivity contribution is 6.27. The Hall–Kier alpha value is -4.06. The van der Waals surface area contributed by atoms with Gasteiger partial charge in [-0.3, -0.25) is 24.5 Å². The van der Waals surface area contributed by atoms with Crippen LogP contribution in [0.3, 0.4) is 0 Å². The van der Waals surface area contributed by atoms with Gasteiger partial charge in [0.05, 0.1) is 17.1 Å². The first-order valence-corrected chi connectivity index (χ1v) is 10.2. The Morgan fingerprint density at radius 1 is 1.11 bits per heavy atom. The molecule has 0 radical (unpaired) electrons. The van der Waals surface area contributed by atoms with Crippen molar-refractivity contribution in [2.45, 2.75) is 24.8 Å². The van der Waals surface area contributed by atoms with Crippen molar-refractivity contribution in [3.05, 3.63) is 86.7 Å². The third-order valence-electron chi connectivity index (χ3n) is 5.85. The van der Waals surface area contributed by atoms with Gasteiger partial charge in [-0.2, -0.15) is 13.2 Å². The number of nitro groups is 1. The lowest BCUT2D eigenvalue weighted by molar-refractivity contribution is -0.384. The molecule has 35 heavy (non-hydrogen) atoms. The summed E-state index contributed by atoms with van der Waals surface area (Å²) in [6.45, 7) is 0.962. The van der Waals surface area contributed by atoms with Crippen molar-refractivity contribution in [1.82, 2.24) is 0 Å². The van der Waals surface area contributed by atoms with E-state index in [4.69, 9.17) is 9.47 Å². The van der Waals surface area contributed by atoms with Crippen molar-refractivity contribution in [3.8, 4) is 0 Å². The maximum Gasteiger partial charge on any atom is 0.456 e. The topological polar surface area (TPSA) is 133 Å². The number of Topliss-reactive ketones (excluding diaryl/α,β-unsaturated/α-hetero) is 2. The Morgan fingerprint density at radius 2 is 1.69 bits per heavy atom. The zero-order chi connectivity index (χ0) is 25.7. The van der Waals surface area contributed by atoms with Gasteiger partial charge in [-0.05, 0) is 12.5 Å². The van der Waals surface area contributed by atoms with Gasteiger partial charge in [-0.15, -0.1) is 0 Å². The summed E-state index contributed by atoms with van der Waals surface area (Å²) < 4.78 is 52.3. The van der Waals surface area contributed by atoms with Crippen LogP contribution in [0.15, 0.2) is 59.9 Å². The molecule has 0 saturated carbocycles. The first-order valence-electron chi connectivity index (χ1n) is 10.2. The Kier molecular flexibility index (Phi) is 5.71. The van der Waals surface area contributed by atoms with Crippen LogP contribution in [-0.2, 0) is 14.3 Å². The summed E-state index contributed by atoms with van der Waals surface area (Å²) in [4.78, 5) is 49.7. The summed E-state index contributed by atoms with van der Waals surface area (Å²) >= 11 is 0. The molecule has 1 aliphatic carbocycles. The van der Waals surface area contributed by atoms with Gasteiger partial charge in [0.25, 0.3) is 5.69 Å². The Balaban J connectivity index is 2.04. The van der Waals surface area contributed by atoms with Crippen LogP contribution in [0.5, 0.6) is 0 Å². The lowest BCUT2D eigenvalue weighted by Gasteiger charge is -2.45. The van der Waals surface area contributed by atoms with E-state index in [1.54, 1.807) is 0 Å². The molecule has 0 amide bonds. The molecule has 4 rings (SSSR count). The molecule has 1 heterocycles. The SMILES string of the molecule is CCOC(=O)[C@@H]1[C@@H](c2ccc([N+](=O)[O-])cc2)C2=C(O[C@@]1(O)C(F)(F)F)C(=O)c1ccccc1C2=O. The van der Waals surface area contributed by atoms with Crippen LogP contribution in [0.1, 0.15) is 39.1 Å². The van der Waals surface area contributed by atoms with Gasteiger partial charge in [0.2, 0.25) is 5.78 Å². The molecule has 3 atom stereocenters. The Labute approximate surface area is 194 Å². The molecule has 12 heteroatoms. The van der Waals surface area contributed by atoms with Crippen LogP contribution >= 0.6 is 0 Å². The van der Waals surface area contributed by atoms with Crippen LogP contribution in [0.2, 0.25) is 0 Å². The Morgan fingerprint density at radius 3 is 2.20 bits per heavy atom. The number of allylic oxidation sites excluding steroid dienone is 2. The second-order valence-corrected chi connectivity index (χ2v) is 7.80. The van der Waals surface area contributed by atoms with Crippen LogP contribution in [-0.4, -0.2) is 46.1 Å². The highest BCUT2D eigenvalue weighted by atomic mass is 19.4. The number of hydrogen-bond acceptors (Lipinski definition) is 8. The van der Waals surface area contributed by atoms with E-state index in [0.717, 1.165) is 24.3 Å². The van der Waals surface area contributed by atoms with Crippen LogP contribution < -0.4 is 0 Å². The number of carbonyl (C=O) groups is 3. The van der Waals surface area contributed by atoms with Gasteiger partial charge in [-0.1, -0.05) is 36.4 Å². The predicted octanol–water partition coefficient (Wildman–Crippen LogP) is 3.47. The van der Waals surface area contributed by atoms with E-state index in [-0.39, 0.29) is 23.3 Å². The highest BCUT2D eigenvalue weighted by Gasteiger charge is 2.70. The summed E-state index contributed by atoms with van der Waals surface area (Å²) in [5.41, 5.74) is -1.54. The van der Waals surface area contributed by atoms with Gasteiger partial charge < -0.3 is 14.6 Å². The summed E-state index contributed by atoms with van der Waals surface area (Å²) in [6.07, 6.45) is -5.61. The molecular formula is C23H16F3NO8. The number of halogens is 3. The highest BCUT2D eigenvalue weighted by Crippen LogP contribution is 2.54. The average Bonchev–Trinajstić information content (AvgIpc) is 2.81. The molecule has 0 spiro atoms. The number of nitro benzene ring substituents is 1. The van der Waals surface area contributed by atoms with E-state index in [2.05, 4.69) is 0 Å². The molecule has 1 aliphatic heterocycles. The smallest absolute Gasteiger partial charge is 0.456 e. The molecule has 9 nitrogen and oxygen atoms in total. The van der Waals surface area contributed by atoms with Crippen molar-refractivity contribution in [2.24, 2.45) is 5.92 Å². The molecule has 0 saturated heterocycles. The lowest BCUT2D eigenvalue weighted by atomic mass is 9.69. The standard InChI is InChI=1S/C23H16F3NO8/c1-2-34-21(30)17-15(11-7-9-12(10-8-11)27(32)33)16-18(28)13-5-3-4-6-14(13)19(29)20(16)35-22(17,31)23(24,25)26/h3-10,15,17,31H,2H2,1H3/t15-,17-,22+/m0/s1. The van der Waals surface area contributed by atoms with Gasteiger partial charge >= 0.3 is 17.9 Å². The maximum atomic E-state index is 14.2. The number of alkyl halides is 3. The molecule has 0 fully saturated rings. The van der Waals surface area contributed by atoms with E-state index in [1.807, 2.05) is 0 Å². The number of nitrogens with zero attached hydrogens (tertiary/aromatic N) is 1. The fourth-order valence-electron chi connectivity index (χ4n) is 4.29. The molecule has 2 aromatic rings. The predicted molar refractivity (Wildman–Crippen MR) is 110 cm³/mol. The summed E-state index contributed by atoms with van der Waals surface area (Å²) in [6, 6.07) is 9.34. The number of esters is 1. The monoisotopic (exact) mass is 491 g/mol. The minimum absolute atomic E-state index is 0.133. The van der Waals surface area contributed by atoms with Crippen molar-refractivity contribution in [1.29, 1.82) is 0 Å². The Bertz CT molecular complexity index is 1280. The largest absolute Gasteiger partial charge is 0.466 e. The first kappa shape index (κ1) is 24.1. The van der Waals surface area contributed by atoms with E-state index in [9.17, 15) is 42.8 Å². The number of carbonyl (C=O) groups excluding carboxylic acids is 3. The van der Waals surface area contributed by atoms with E-state index >= 15 is 0 Å². The van der Waals surface area contributed by atoms with Crippen LogP contribution in [0.25, 0.3) is 0 Å². The fraction of sp³-hybridized carbons (Fsp3) is 0.261. The van der Waals surface area contributed by atoms with E-state index in [0.29, 0.717) is 0 Å². The van der Waals surface area contributed by atoms with E-state index < -0.39 is 63.3 Å². The number of non-ortho nitro benzene ring substituents is 1. The number of aliphatic hydroxyl groups is 1. The third-order valence-corrected chi connectivity index (χ3v) is 5.85. The normalized spacial score (nSPS) is 23.8. The molecule has 0 unspecified atom stereocenters. The van der Waals surface area contributed by atoms with Crippen molar-refractivity contribution in [3.63, 3.8) is 0 Å². The number of ketones is 2. The van der Waals surface area contributed by atoms with Crippen molar-refractivity contribution in [2.75, 3.05) is 6.61 Å². The molecule has 2 aromatic carbocycles. The zero-order valence-corrected chi connectivity index (χ0v) is 17.9. The molecule has 0 aromatic heterocycles. The minimum Gasteiger partial charge on any atom is -0.466 e.